The van der Waals surface area contributed by atoms with Gasteiger partial charge in [0.05, 0.1) is 11.4 Å². The summed E-state index contributed by atoms with van der Waals surface area (Å²) in [5.74, 6) is -1.81. The summed E-state index contributed by atoms with van der Waals surface area (Å²) in [5, 5.41) is 14.0. The van der Waals surface area contributed by atoms with Gasteiger partial charge in [-0.25, -0.2) is 0 Å². The Kier molecular flexibility index (Phi) is 3.67. The fourth-order valence-corrected chi connectivity index (χ4v) is 3.15. The molecule has 0 atom stereocenters. The second kappa shape index (κ2) is 5.50. The van der Waals surface area contributed by atoms with Crippen LogP contribution < -0.4 is 4.90 Å². The molecule has 7 nitrogen and oxygen atoms in total. The Morgan fingerprint density at radius 1 is 1.36 bits per heavy atom. The van der Waals surface area contributed by atoms with Gasteiger partial charge in [0.15, 0.2) is 10.0 Å². The lowest BCUT2D eigenvalue weighted by Crippen LogP contribution is -2.36. The predicted molar refractivity (Wildman–Crippen MR) is 84.9 cm³/mol. The second-order valence-corrected chi connectivity index (χ2v) is 6.12. The molecule has 112 valence electrons. The first-order valence-corrected chi connectivity index (χ1v) is 7.60. The van der Waals surface area contributed by atoms with Gasteiger partial charge in [-0.05, 0) is 6.07 Å². The number of hydrogen-bond donors (Lipinski definition) is 1. The van der Waals surface area contributed by atoms with Crippen LogP contribution in [-0.4, -0.2) is 50.2 Å². The van der Waals surface area contributed by atoms with E-state index in [1.54, 1.807) is 24.3 Å². The molecule has 9 heteroatoms. The van der Waals surface area contributed by atoms with Gasteiger partial charge < -0.3 is 5.11 Å². The van der Waals surface area contributed by atoms with Gasteiger partial charge in [-0.1, -0.05) is 42.2 Å². The number of thioether (sulfide) groups is 1. The number of carbonyl (C=O) groups excluding carboxylic acids is 2. The van der Waals surface area contributed by atoms with Crippen LogP contribution >= 0.6 is 24.0 Å². The molecular formula is C13H9N3O4S2. The van der Waals surface area contributed by atoms with E-state index in [0.29, 0.717) is 11.3 Å². The minimum absolute atomic E-state index is 0.0232. The molecular weight excluding hydrogens is 326 g/mol. The molecule has 1 fully saturated rings. The molecule has 0 radical (unpaired) electrons. The number of hydrazone groups is 1. The third-order valence-electron chi connectivity index (χ3n) is 3.12. The summed E-state index contributed by atoms with van der Waals surface area (Å²) in [6.07, 6.45) is 0. The number of carboxylic acid groups (broad SMARTS) is 1. The summed E-state index contributed by atoms with van der Waals surface area (Å²) in [4.78, 5) is 36.2. The van der Waals surface area contributed by atoms with Crippen LogP contribution in [0.5, 0.6) is 0 Å². The maximum Gasteiger partial charge on any atom is 0.323 e. The SMILES string of the molecule is O=C(O)CN1C(=O)/C(=N\N2C(=O)CSC2=S)c2ccccc21. The first-order chi connectivity index (χ1) is 10.5. The molecule has 1 aromatic carbocycles. The molecule has 0 unspecified atom stereocenters. The summed E-state index contributed by atoms with van der Waals surface area (Å²) in [6, 6.07) is 6.71. The smallest absolute Gasteiger partial charge is 0.323 e. The second-order valence-electron chi connectivity index (χ2n) is 4.51. The minimum Gasteiger partial charge on any atom is -0.480 e. The molecule has 1 aromatic rings. The van der Waals surface area contributed by atoms with E-state index in [-0.39, 0.29) is 21.7 Å². The highest BCUT2D eigenvalue weighted by Gasteiger charge is 2.37. The molecule has 2 amide bonds. The van der Waals surface area contributed by atoms with Crippen molar-refractivity contribution in [3.05, 3.63) is 29.8 Å². The molecule has 22 heavy (non-hydrogen) atoms. The summed E-state index contributed by atoms with van der Waals surface area (Å²) in [7, 11) is 0. The van der Waals surface area contributed by atoms with Gasteiger partial charge in [-0.3, -0.25) is 19.3 Å². The Balaban J connectivity index is 2.05. The van der Waals surface area contributed by atoms with E-state index in [4.69, 9.17) is 17.3 Å². The zero-order chi connectivity index (χ0) is 15.9. The largest absolute Gasteiger partial charge is 0.480 e. The number of aliphatic carboxylic acids is 1. The van der Waals surface area contributed by atoms with Gasteiger partial charge in [-0.2, -0.15) is 10.1 Å². The lowest BCUT2D eigenvalue weighted by atomic mass is 10.1. The van der Waals surface area contributed by atoms with E-state index < -0.39 is 18.4 Å². The predicted octanol–water partition coefficient (Wildman–Crippen LogP) is 0.682. The highest BCUT2D eigenvalue weighted by Crippen LogP contribution is 2.30. The quantitative estimate of drug-likeness (QED) is 0.817. The van der Waals surface area contributed by atoms with Crippen LogP contribution in [0.15, 0.2) is 29.4 Å². The van der Waals surface area contributed by atoms with Crippen LogP contribution in [0.25, 0.3) is 0 Å². The number of fused-ring (bicyclic) bond motifs is 1. The number of rotatable bonds is 3. The van der Waals surface area contributed by atoms with Crippen molar-refractivity contribution in [3.8, 4) is 0 Å². The van der Waals surface area contributed by atoms with Crippen LogP contribution in [0.3, 0.4) is 0 Å². The molecule has 0 aliphatic carbocycles. The van der Waals surface area contributed by atoms with Gasteiger partial charge in [0.25, 0.3) is 11.8 Å². The van der Waals surface area contributed by atoms with Gasteiger partial charge in [0.2, 0.25) is 0 Å². The van der Waals surface area contributed by atoms with E-state index in [1.807, 2.05) is 0 Å². The van der Waals surface area contributed by atoms with Crippen LogP contribution in [0.1, 0.15) is 5.56 Å². The zero-order valence-corrected chi connectivity index (χ0v) is 12.7. The Morgan fingerprint density at radius 3 is 2.73 bits per heavy atom. The van der Waals surface area contributed by atoms with E-state index in [9.17, 15) is 14.4 Å². The Hall–Kier alpha value is -2.26. The number of anilines is 1. The van der Waals surface area contributed by atoms with E-state index >= 15 is 0 Å². The van der Waals surface area contributed by atoms with Crippen LogP contribution in [0.2, 0.25) is 0 Å². The molecule has 2 aliphatic rings. The molecule has 0 bridgehead atoms. The van der Waals surface area contributed by atoms with Crippen molar-refractivity contribution in [1.29, 1.82) is 0 Å². The number of hydrogen-bond acceptors (Lipinski definition) is 6. The average Bonchev–Trinajstić information content (AvgIpc) is 2.93. The van der Waals surface area contributed by atoms with Crippen molar-refractivity contribution in [1.82, 2.24) is 5.01 Å². The number of para-hydroxylation sites is 1. The normalized spacial score (nSPS) is 19.3. The van der Waals surface area contributed by atoms with Crippen molar-refractivity contribution in [3.63, 3.8) is 0 Å². The fourth-order valence-electron chi connectivity index (χ4n) is 2.19. The molecule has 0 aromatic heterocycles. The summed E-state index contributed by atoms with van der Waals surface area (Å²) in [5.41, 5.74) is 0.968. The molecule has 2 aliphatic heterocycles. The third kappa shape index (κ3) is 2.38. The first-order valence-electron chi connectivity index (χ1n) is 6.20. The van der Waals surface area contributed by atoms with Crippen molar-refractivity contribution in [2.75, 3.05) is 17.2 Å². The van der Waals surface area contributed by atoms with E-state index in [0.717, 1.165) is 9.91 Å². The van der Waals surface area contributed by atoms with Crippen LogP contribution in [0, 0.1) is 0 Å². The lowest BCUT2D eigenvalue weighted by molar-refractivity contribution is -0.136. The molecule has 1 N–H and O–H groups in total. The molecule has 0 saturated carbocycles. The zero-order valence-electron chi connectivity index (χ0n) is 11.1. The van der Waals surface area contributed by atoms with Crippen LogP contribution in [-0.2, 0) is 14.4 Å². The summed E-state index contributed by atoms with van der Waals surface area (Å²) >= 11 is 6.20. The number of carboxylic acids is 1. The minimum atomic E-state index is -1.13. The maximum atomic E-state index is 12.4. The highest BCUT2D eigenvalue weighted by atomic mass is 32.2. The van der Waals surface area contributed by atoms with Crippen molar-refractivity contribution >= 4 is 57.5 Å². The van der Waals surface area contributed by atoms with E-state index in [1.165, 1.54) is 11.8 Å². The third-order valence-corrected chi connectivity index (χ3v) is 4.46. The number of thiocarbonyl (C=S) groups is 1. The lowest BCUT2D eigenvalue weighted by Gasteiger charge is -2.13. The number of benzene rings is 1. The first kappa shape index (κ1) is 14.7. The molecule has 3 rings (SSSR count). The Bertz CT molecular complexity index is 731. The number of amides is 2. The Labute approximate surface area is 134 Å². The van der Waals surface area contributed by atoms with Gasteiger partial charge in [0.1, 0.15) is 6.54 Å². The van der Waals surface area contributed by atoms with E-state index in [2.05, 4.69) is 5.10 Å². The van der Waals surface area contributed by atoms with Crippen LogP contribution in [0.4, 0.5) is 5.69 Å². The van der Waals surface area contributed by atoms with Crippen molar-refractivity contribution < 1.29 is 19.5 Å². The molecule has 0 spiro atoms. The monoisotopic (exact) mass is 335 g/mol. The van der Waals surface area contributed by atoms with Gasteiger partial charge >= 0.3 is 5.97 Å². The summed E-state index contributed by atoms with van der Waals surface area (Å²) in [6.45, 7) is -0.470. The average molecular weight is 335 g/mol. The molecule has 1 saturated heterocycles. The Morgan fingerprint density at radius 2 is 2.09 bits per heavy atom. The van der Waals surface area contributed by atoms with Gasteiger partial charge in [-0.15, -0.1) is 0 Å². The number of carbonyl (C=O) groups is 3. The fraction of sp³-hybridized carbons (Fsp3) is 0.154. The molecule has 2 heterocycles. The topological polar surface area (TPSA) is 90.3 Å². The van der Waals surface area contributed by atoms with Crippen molar-refractivity contribution in [2.24, 2.45) is 5.10 Å². The van der Waals surface area contributed by atoms with Gasteiger partial charge in [0, 0.05) is 5.56 Å². The highest BCUT2D eigenvalue weighted by molar-refractivity contribution is 8.23. The standard InChI is InChI=1S/C13H9N3O4S2/c17-9-6-22-13(21)16(9)14-11-7-3-1-2-4-8(7)15(12(11)20)5-10(18)19/h1-4H,5-6H2,(H,18,19)/b14-11-. The van der Waals surface area contributed by atoms with Crippen molar-refractivity contribution in [2.45, 2.75) is 0 Å². The number of nitrogens with zero attached hydrogens (tertiary/aromatic N) is 3. The summed E-state index contributed by atoms with van der Waals surface area (Å²) < 4.78 is 0.277. The maximum absolute atomic E-state index is 12.4.